The van der Waals surface area contributed by atoms with E-state index in [1.807, 2.05) is 0 Å². The van der Waals surface area contributed by atoms with E-state index in [2.05, 4.69) is 4.74 Å². The van der Waals surface area contributed by atoms with Gasteiger partial charge in [0.15, 0.2) is 5.75 Å². The maximum Gasteiger partial charge on any atom is 0.320 e. The number of ether oxygens (including phenoxy) is 1. The lowest BCUT2D eigenvalue weighted by Gasteiger charge is -2.08. The highest BCUT2D eigenvalue weighted by molar-refractivity contribution is 7.93. The molecule has 0 atom stereocenters. The molecule has 0 amide bonds. The fourth-order valence-electron chi connectivity index (χ4n) is 1.52. The van der Waals surface area contributed by atoms with Gasteiger partial charge in [0.05, 0.1) is 22.6 Å². The van der Waals surface area contributed by atoms with Crippen molar-refractivity contribution in [2.24, 2.45) is 0 Å². The average Bonchev–Trinajstić information content (AvgIpc) is 2.35. The van der Waals surface area contributed by atoms with Crippen molar-refractivity contribution in [3.8, 4) is 5.75 Å². The van der Waals surface area contributed by atoms with Crippen LogP contribution in [0.25, 0.3) is 0 Å². The number of methoxy groups -OCH3 is 1. The topological polar surface area (TPSA) is 179 Å². The summed E-state index contributed by atoms with van der Waals surface area (Å²) in [5.74, 6) is -3.62. The number of nitro benzene ring substituents is 2. The molecule has 12 nitrogen and oxygen atoms in total. The summed E-state index contributed by atoms with van der Waals surface area (Å²) < 4.78 is 29.2. The van der Waals surface area contributed by atoms with Gasteiger partial charge in [-0.05, 0) is 0 Å². The molecule has 0 unspecified atom stereocenters. The van der Waals surface area contributed by atoms with Gasteiger partial charge in [-0.15, -0.1) is 0 Å². The molecule has 0 aliphatic carbocycles. The minimum Gasteiger partial charge on any atom is -0.485 e. The summed E-state index contributed by atoms with van der Waals surface area (Å²) in [6.07, 6.45) is 0. The van der Waals surface area contributed by atoms with Crippen LogP contribution < -0.4 is 9.46 Å². The second-order valence-electron chi connectivity index (χ2n) is 3.82. The zero-order chi connectivity index (χ0) is 17.1. The molecule has 0 saturated carbocycles. The molecule has 0 aliphatic heterocycles. The number of benzene rings is 1. The molecule has 0 aromatic heterocycles. The number of anilines is 1. The van der Waals surface area contributed by atoms with Gasteiger partial charge in [-0.25, -0.2) is 8.42 Å². The van der Waals surface area contributed by atoms with Crippen LogP contribution in [0.5, 0.6) is 5.75 Å². The largest absolute Gasteiger partial charge is 0.485 e. The minimum atomic E-state index is -4.37. The lowest BCUT2D eigenvalue weighted by molar-refractivity contribution is -0.395. The first kappa shape index (κ1) is 17.1. The highest BCUT2D eigenvalue weighted by Gasteiger charge is 2.29. The number of nitro groups is 2. The summed E-state index contributed by atoms with van der Waals surface area (Å²) in [5, 5.41) is 30.2. The monoisotopic (exact) mass is 335 g/mol. The molecule has 1 aromatic rings. The molecule has 1 rings (SSSR count). The van der Waals surface area contributed by atoms with Gasteiger partial charge in [-0.2, -0.15) is 0 Å². The SMILES string of the molecule is COc1c([N+](=O)[O-])cc(NS(=O)(=O)CC(=O)O)cc1[N+](=O)[O-]. The molecule has 0 bridgehead atoms. The minimum absolute atomic E-state index is 0.527. The van der Waals surface area contributed by atoms with Crippen LogP contribution in [-0.4, -0.2) is 42.2 Å². The Morgan fingerprint density at radius 3 is 2.05 bits per heavy atom. The Labute approximate surface area is 122 Å². The van der Waals surface area contributed by atoms with Crippen molar-refractivity contribution in [2.45, 2.75) is 0 Å². The van der Waals surface area contributed by atoms with Crippen LogP contribution in [0.1, 0.15) is 0 Å². The summed E-state index contributed by atoms with van der Waals surface area (Å²) in [4.78, 5) is 30.2. The molecular weight excluding hydrogens is 326 g/mol. The maximum absolute atomic E-state index is 11.5. The van der Waals surface area contributed by atoms with Crippen LogP contribution >= 0.6 is 0 Å². The number of rotatable bonds is 7. The third kappa shape index (κ3) is 4.02. The quantitative estimate of drug-likeness (QED) is 0.524. The molecule has 0 aliphatic rings. The number of nitrogens with one attached hydrogen (secondary N) is 1. The summed E-state index contributed by atoms with van der Waals surface area (Å²) >= 11 is 0. The number of nitrogens with zero attached hydrogens (tertiary/aromatic N) is 2. The van der Waals surface area contributed by atoms with E-state index >= 15 is 0 Å². The van der Waals surface area contributed by atoms with Crippen LogP contribution in [0.2, 0.25) is 0 Å². The van der Waals surface area contributed by atoms with Crippen molar-refractivity contribution in [2.75, 3.05) is 17.6 Å². The molecule has 13 heteroatoms. The predicted molar refractivity (Wildman–Crippen MR) is 71.3 cm³/mol. The number of sulfonamides is 1. The van der Waals surface area contributed by atoms with E-state index in [0.717, 1.165) is 7.11 Å². The van der Waals surface area contributed by atoms with Gasteiger partial charge in [0, 0.05) is 12.1 Å². The number of carboxylic acids is 1. The summed E-state index contributed by atoms with van der Waals surface area (Å²) in [6, 6.07) is 1.37. The van der Waals surface area contributed by atoms with Gasteiger partial charge >= 0.3 is 17.3 Å². The van der Waals surface area contributed by atoms with Crippen LogP contribution in [0.15, 0.2) is 12.1 Å². The van der Waals surface area contributed by atoms with Crippen LogP contribution in [0, 0.1) is 20.2 Å². The predicted octanol–water partition coefficient (Wildman–Crippen LogP) is 0.338. The second-order valence-corrected chi connectivity index (χ2v) is 5.54. The molecule has 2 N–H and O–H groups in total. The van der Waals surface area contributed by atoms with Gasteiger partial charge < -0.3 is 9.84 Å². The average molecular weight is 335 g/mol. The van der Waals surface area contributed by atoms with Crippen molar-refractivity contribution >= 4 is 33.1 Å². The molecule has 1 aromatic carbocycles. The van der Waals surface area contributed by atoms with Crippen molar-refractivity contribution < 1.29 is 32.9 Å². The number of carbonyl (C=O) groups is 1. The standard InChI is InChI=1S/C9H9N3O9S/c1-21-9-6(11(15)16)2-5(3-7(9)12(17)18)10-22(19,20)4-8(13)14/h2-3,10H,4H2,1H3,(H,13,14). The van der Waals surface area contributed by atoms with Gasteiger partial charge in [-0.3, -0.25) is 29.7 Å². The van der Waals surface area contributed by atoms with Gasteiger partial charge in [0.25, 0.3) is 5.75 Å². The number of hydrogen-bond acceptors (Lipinski definition) is 8. The third-order valence-electron chi connectivity index (χ3n) is 2.23. The highest BCUT2D eigenvalue weighted by Crippen LogP contribution is 2.39. The van der Waals surface area contributed by atoms with Crippen LogP contribution in [-0.2, 0) is 14.8 Å². The molecule has 22 heavy (non-hydrogen) atoms. The molecule has 0 spiro atoms. The summed E-state index contributed by atoms with van der Waals surface area (Å²) in [6.45, 7) is 0. The molecule has 120 valence electrons. The van der Waals surface area contributed by atoms with Crippen molar-refractivity contribution in [1.82, 2.24) is 0 Å². The van der Waals surface area contributed by atoms with Crippen molar-refractivity contribution in [1.29, 1.82) is 0 Å². The van der Waals surface area contributed by atoms with E-state index in [-0.39, 0.29) is 0 Å². The number of carboxylic acid groups (broad SMARTS) is 1. The van der Waals surface area contributed by atoms with Crippen LogP contribution in [0.4, 0.5) is 17.1 Å². The Balaban J connectivity index is 3.42. The zero-order valence-electron chi connectivity index (χ0n) is 10.9. The Hall–Kier alpha value is -2.96. The van der Waals surface area contributed by atoms with E-state index in [9.17, 15) is 33.4 Å². The van der Waals surface area contributed by atoms with Crippen LogP contribution in [0.3, 0.4) is 0 Å². The first-order valence-electron chi connectivity index (χ1n) is 5.30. The second kappa shape index (κ2) is 6.21. The van der Waals surface area contributed by atoms with Crippen molar-refractivity contribution in [3.63, 3.8) is 0 Å². The van der Waals surface area contributed by atoms with Gasteiger partial charge in [0.1, 0.15) is 0 Å². The molecule has 0 saturated heterocycles. The highest BCUT2D eigenvalue weighted by atomic mass is 32.2. The molecule has 0 fully saturated rings. The van der Waals surface area contributed by atoms with E-state index < -0.39 is 54.4 Å². The number of aliphatic carboxylic acids is 1. The fourth-order valence-corrected chi connectivity index (χ4v) is 2.39. The lowest BCUT2D eigenvalue weighted by atomic mass is 10.2. The van der Waals surface area contributed by atoms with E-state index in [4.69, 9.17) is 5.11 Å². The lowest BCUT2D eigenvalue weighted by Crippen LogP contribution is -2.22. The van der Waals surface area contributed by atoms with E-state index in [1.165, 1.54) is 0 Å². The Kier molecular flexibility index (Phi) is 4.83. The molecular formula is C9H9N3O9S. The fraction of sp³-hybridized carbons (Fsp3) is 0.222. The van der Waals surface area contributed by atoms with E-state index in [1.54, 1.807) is 4.72 Å². The molecule has 0 radical (unpaired) electrons. The summed E-state index contributed by atoms with van der Waals surface area (Å²) in [7, 11) is -3.40. The Bertz CT molecular complexity index is 708. The summed E-state index contributed by atoms with van der Waals surface area (Å²) in [5.41, 5.74) is -2.21. The van der Waals surface area contributed by atoms with Crippen molar-refractivity contribution in [3.05, 3.63) is 32.4 Å². The zero-order valence-corrected chi connectivity index (χ0v) is 11.7. The maximum atomic E-state index is 11.5. The Morgan fingerprint density at radius 2 is 1.73 bits per heavy atom. The first-order chi connectivity index (χ1) is 10.1. The third-order valence-corrected chi connectivity index (χ3v) is 3.41. The van der Waals surface area contributed by atoms with E-state index in [0.29, 0.717) is 12.1 Å². The first-order valence-corrected chi connectivity index (χ1v) is 6.95. The van der Waals surface area contributed by atoms with Gasteiger partial charge in [0.2, 0.25) is 10.0 Å². The normalized spacial score (nSPS) is 10.8. The molecule has 0 heterocycles. The van der Waals surface area contributed by atoms with Gasteiger partial charge in [-0.1, -0.05) is 0 Å². The smallest absolute Gasteiger partial charge is 0.320 e. The number of hydrogen-bond donors (Lipinski definition) is 2. The Morgan fingerprint density at radius 1 is 1.27 bits per heavy atom.